The summed E-state index contributed by atoms with van der Waals surface area (Å²) < 4.78 is 25.4. The van der Waals surface area contributed by atoms with Crippen LogP contribution in [-0.2, 0) is 9.84 Å². The number of nitriles is 1. The van der Waals surface area contributed by atoms with Crippen molar-refractivity contribution in [1.82, 2.24) is 0 Å². The first-order chi connectivity index (χ1) is 8.96. The summed E-state index contributed by atoms with van der Waals surface area (Å²) in [7, 11) is -3.55. The summed E-state index contributed by atoms with van der Waals surface area (Å²) in [6, 6.07) is 7.43. The van der Waals surface area contributed by atoms with Gasteiger partial charge in [-0.25, -0.2) is 8.42 Å². The molecule has 1 aromatic carbocycles. The number of hydrogen-bond donors (Lipinski definition) is 0. The minimum atomic E-state index is -3.55. The summed E-state index contributed by atoms with van der Waals surface area (Å²) in [6.45, 7) is 3.66. The van der Waals surface area contributed by atoms with Crippen LogP contribution in [0.5, 0.6) is 0 Å². The van der Waals surface area contributed by atoms with E-state index in [1.54, 1.807) is 13.0 Å². The van der Waals surface area contributed by atoms with Gasteiger partial charge in [-0.2, -0.15) is 5.26 Å². The average Bonchev–Trinajstić information content (AvgIpc) is 2.86. The van der Waals surface area contributed by atoms with Crippen LogP contribution in [0.4, 0.5) is 0 Å². The molecule has 19 heavy (non-hydrogen) atoms. The fourth-order valence-corrected chi connectivity index (χ4v) is 4.90. The first kappa shape index (κ1) is 14.1. The van der Waals surface area contributed by atoms with Crippen LogP contribution >= 0.6 is 0 Å². The van der Waals surface area contributed by atoms with Crippen molar-refractivity contribution >= 4 is 9.84 Å². The van der Waals surface area contributed by atoms with Gasteiger partial charge in [0.2, 0.25) is 0 Å². The third-order valence-corrected chi connectivity index (χ3v) is 6.15. The number of hydrogen-bond acceptors (Lipinski definition) is 3. The highest BCUT2D eigenvalue weighted by Crippen LogP contribution is 2.34. The highest BCUT2D eigenvalue weighted by molar-refractivity contribution is 7.92. The Bertz CT molecular complexity index is 608. The highest BCUT2D eigenvalue weighted by Gasteiger charge is 2.37. The Kier molecular flexibility index (Phi) is 3.96. The van der Waals surface area contributed by atoms with E-state index in [1.807, 2.05) is 25.1 Å². The Morgan fingerprint density at radius 2 is 1.89 bits per heavy atom. The predicted molar refractivity (Wildman–Crippen MR) is 74.5 cm³/mol. The summed E-state index contributed by atoms with van der Waals surface area (Å²) in [5, 5.41) is 8.42. The Morgan fingerprint density at radius 3 is 2.47 bits per heavy atom. The predicted octanol–water partition coefficient (Wildman–Crippen LogP) is 3.16. The van der Waals surface area contributed by atoms with Gasteiger partial charge in [-0.1, -0.05) is 25.0 Å². The van der Waals surface area contributed by atoms with Gasteiger partial charge in [0, 0.05) is 0 Å². The van der Waals surface area contributed by atoms with Gasteiger partial charge in [0.15, 0.2) is 15.1 Å². The van der Waals surface area contributed by atoms with Gasteiger partial charge in [-0.05, 0) is 49.8 Å². The average molecular weight is 277 g/mol. The van der Waals surface area contributed by atoms with Gasteiger partial charge in [0.25, 0.3) is 0 Å². The second kappa shape index (κ2) is 5.34. The third-order valence-electron chi connectivity index (χ3n) is 3.94. The number of benzene rings is 1. The van der Waals surface area contributed by atoms with Crippen molar-refractivity contribution in [2.45, 2.75) is 49.7 Å². The standard InChI is InChI=1S/C15H19NO2S/c1-11-7-8-12(2)14(9-11)19(17,18)15(10-16)13-5-3-4-6-13/h7-9,13,15H,3-6H2,1-2H3. The van der Waals surface area contributed by atoms with Crippen LogP contribution < -0.4 is 0 Å². The van der Waals surface area contributed by atoms with E-state index in [0.717, 1.165) is 36.8 Å². The molecule has 1 fully saturated rings. The SMILES string of the molecule is Cc1ccc(C)c(S(=O)(=O)C(C#N)C2CCCC2)c1. The summed E-state index contributed by atoms with van der Waals surface area (Å²) >= 11 is 0. The molecule has 0 amide bonds. The lowest BCUT2D eigenvalue weighted by molar-refractivity contribution is 0.525. The van der Waals surface area contributed by atoms with E-state index in [4.69, 9.17) is 0 Å². The molecular formula is C15H19NO2S. The van der Waals surface area contributed by atoms with E-state index < -0.39 is 15.1 Å². The lowest BCUT2D eigenvalue weighted by Crippen LogP contribution is -2.27. The number of sulfone groups is 1. The fraction of sp³-hybridized carbons (Fsp3) is 0.533. The molecule has 0 radical (unpaired) electrons. The lowest BCUT2D eigenvalue weighted by Gasteiger charge is -2.18. The zero-order valence-electron chi connectivity index (χ0n) is 11.4. The number of nitrogens with zero attached hydrogens (tertiary/aromatic N) is 1. The third kappa shape index (κ3) is 2.66. The van der Waals surface area contributed by atoms with Crippen molar-refractivity contribution in [2.24, 2.45) is 5.92 Å². The number of aryl methyl sites for hydroxylation is 2. The van der Waals surface area contributed by atoms with E-state index in [2.05, 4.69) is 0 Å². The van der Waals surface area contributed by atoms with Crippen molar-refractivity contribution < 1.29 is 8.42 Å². The van der Waals surface area contributed by atoms with Gasteiger partial charge in [-0.15, -0.1) is 0 Å². The van der Waals surface area contributed by atoms with Crippen LogP contribution in [0.25, 0.3) is 0 Å². The molecule has 102 valence electrons. The minimum absolute atomic E-state index is 0.00471. The molecule has 0 bridgehead atoms. The second-order valence-electron chi connectivity index (χ2n) is 5.41. The van der Waals surface area contributed by atoms with Crippen molar-refractivity contribution in [2.75, 3.05) is 0 Å². The van der Waals surface area contributed by atoms with Gasteiger partial charge < -0.3 is 0 Å². The molecule has 3 nitrogen and oxygen atoms in total. The normalized spacial score (nSPS) is 18.2. The lowest BCUT2D eigenvalue weighted by atomic mass is 10.1. The molecular weight excluding hydrogens is 258 g/mol. The van der Waals surface area contributed by atoms with Crippen LogP contribution in [0.2, 0.25) is 0 Å². The van der Waals surface area contributed by atoms with Gasteiger partial charge in [0.05, 0.1) is 11.0 Å². The Hall–Kier alpha value is -1.34. The monoisotopic (exact) mass is 277 g/mol. The summed E-state index contributed by atoms with van der Waals surface area (Å²) in [4.78, 5) is 0.325. The molecule has 2 rings (SSSR count). The molecule has 1 atom stereocenters. The molecule has 1 saturated carbocycles. The van der Waals surface area contributed by atoms with Crippen molar-refractivity contribution in [3.05, 3.63) is 29.3 Å². The molecule has 0 heterocycles. The van der Waals surface area contributed by atoms with Crippen molar-refractivity contribution in [3.8, 4) is 6.07 Å². The molecule has 0 saturated heterocycles. The molecule has 1 unspecified atom stereocenters. The molecule has 1 aromatic rings. The highest BCUT2D eigenvalue weighted by atomic mass is 32.2. The van der Waals surface area contributed by atoms with Crippen LogP contribution in [0.3, 0.4) is 0 Å². The van der Waals surface area contributed by atoms with E-state index in [0.29, 0.717) is 4.90 Å². The molecule has 0 aromatic heterocycles. The van der Waals surface area contributed by atoms with Gasteiger partial charge >= 0.3 is 0 Å². The van der Waals surface area contributed by atoms with Crippen LogP contribution in [0, 0.1) is 31.1 Å². The minimum Gasteiger partial charge on any atom is -0.222 e. The fourth-order valence-electron chi connectivity index (χ4n) is 2.84. The smallest absolute Gasteiger partial charge is 0.195 e. The maximum atomic E-state index is 12.7. The Balaban J connectivity index is 2.46. The molecule has 1 aliphatic rings. The quantitative estimate of drug-likeness (QED) is 0.852. The van der Waals surface area contributed by atoms with Gasteiger partial charge in [0.1, 0.15) is 0 Å². The molecule has 0 N–H and O–H groups in total. The van der Waals surface area contributed by atoms with Crippen LogP contribution in [0.1, 0.15) is 36.8 Å². The van der Waals surface area contributed by atoms with Gasteiger partial charge in [-0.3, -0.25) is 0 Å². The summed E-state index contributed by atoms with van der Waals surface area (Å²) in [5.41, 5.74) is 1.64. The van der Waals surface area contributed by atoms with Crippen LogP contribution in [0.15, 0.2) is 23.1 Å². The Morgan fingerprint density at radius 1 is 1.26 bits per heavy atom. The zero-order chi connectivity index (χ0) is 14.0. The second-order valence-corrected chi connectivity index (χ2v) is 7.45. The van der Waals surface area contributed by atoms with E-state index in [9.17, 15) is 13.7 Å². The molecule has 1 aliphatic carbocycles. The van der Waals surface area contributed by atoms with Crippen molar-refractivity contribution in [1.29, 1.82) is 5.26 Å². The largest absolute Gasteiger partial charge is 0.222 e. The molecule has 0 spiro atoms. The summed E-state index contributed by atoms with van der Waals surface area (Å²) in [6.07, 6.45) is 3.76. The van der Waals surface area contributed by atoms with E-state index in [-0.39, 0.29) is 5.92 Å². The first-order valence-corrected chi connectivity index (χ1v) is 8.22. The van der Waals surface area contributed by atoms with E-state index >= 15 is 0 Å². The maximum Gasteiger partial charge on any atom is 0.195 e. The van der Waals surface area contributed by atoms with Crippen LogP contribution in [-0.4, -0.2) is 13.7 Å². The maximum absolute atomic E-state index is 12.7. The molecule has 0 aliphatic heterocycles. The first-order valence-electron chi connectivity index (χ1n) is 6.67. The number of rotatable bonds is 3. The summed E-state index contributed by atoms with van der Waals surface area (Å²) in [5.74, 6) is -0.00471. The molecule has 4 heteroatoms. The van der Waals surface area contributed by atoms with E-state index in [1.165, 1.54) is 0 Å². The topological polar surface area (TPSA) is 57.9 Å². The van der Waals surface area contributed by atoms with Crippen molar-refractivity contribution in [3.63, 3.8) is 0 Å². The zero-order valence-corrected chi connectivity index (χ0v) is 12.2. The Labute approximate surface area is 115 Å².